The molecule has 0 fully saturated rings. The second-order valence-corrected chi connectivity index (χ2v) is 11.0. The van der Waals surface area contributed by atoms with Crippen molar-refractivity contribution in [2.75, 3.05) is 6.26 Å². The fourth-order valence-electron chi connectivity index (χ4n) is 4.87. The molecule has 2 aliphatic carbocycles. The Bertz CT molecular complexity index is 1210. The van der Waals surface area contributed by atoms with Gasteiger partial charge in [-0.1, -0.05) is 41.6 Å². The summed E-state index contributed by atoms with van der Waals surface area (Å²) in [5.41, 5.74) is -0.156. The molecule has 0 spiro atoms. The Kier molecular flexibility index (Phi) is 6.33. The molecule has 0 N–H and O–H groups in total. The first-order valence-corrected chi connectivity index (χ1v) is 13.0. The number of oxime groups is 1. The van der Waals surface area contributed by atoms with Crippen molar-refractivity contribution in [3.05, 3.63) is 70.2 Å². The number of carboxylic acids is 1. The molecule has 0 aromatic heterocycles. The fraction of sp³-hybridized carbons (Fsp3) is 0.375. The molecule has 33 heavy (non-hydrogen) atoms. The third-order valence-corrected chi connectivity index (χ3v) is 8.12. The predicted octanol–water partition coefficient (Wildman–Crippen LogP) is 2.27. The van der Waals surface area contributed by atoms with Crippen LogP contribution in [0.15, 0.2) is 69.8 Å². The molecule has 0 radical (unpaired) electrons. The van der Waals surface area contributed by atoms with E-state index >= 15 is 0 Å². The molecule has 1 aromatic rings. The number of carbonyl (C=O) groups is 2. The zero-order chi connectivity index (χ0) is 23.8. The SMILES string of the molecule is CS(=O)(=O)C1=CC=C(C(=O)[O-])C(Cl)C1(C1=CC(=O)CCC1)C1=NOC(Cc2ccccc2)C1. The van der Waals surface area contributed by atoms with Crippen LogP contribution in [-0.4, -0.2) is 43.6 Å². The van der Waals surface area contributed by atoms with Crippen LogP contribution in [0.5, 0.6) is 0 Å². The van der Waals surface area contributed by atoms with Crippen LogP contribution in [0.2, 0.25) is 0 Å². The smallest absolute Gasteiger partial charge is 0.173 e. The van der Waals surface area contributed by atoms with E-state index in [9.17, 15) is 23.1 Å². The number of ketones is 1. The molecule has 3 unspecified atom stereocenters. The second kappa shape index (κ2) is 8.91. The molecule has 3 aliphatic rings. The first-order valence-electron chi connectivity index (χ1n) is 10.6. The second-order valence-electron chi connectivity index (χ2n) is 8.53. The molecule has 3 atom stereocenters. The van der Waals surface area contributed by atoms with Crippen molar-refractivity contribution in [1.29, 1.82) is 0 Å². The topological polar surface area (TPSA) is 113 Å². The summed E-state index contributed by atoms with van der Waals surface area (Å²) >= 11 is 6.79. The van der Waals surface area contributed by atoms with Crippen LogP contribution in [0, 0.1) is 5.41 Å². The van der Waals surface area contributed by atoms with Gasteiger partial charge in [0.05, 0.1) is 27.4 Å². The minimum atomic E-state index is -3.87. The summed E-state index contributed by atoms with van der Waals surface area (Å²) in [6.07, 6.45) is 6.41. The molecule has 1 heterocycles. The number of nitrogens with zero attached hydrogens (tertiary/aromatic N) is 1. The van der Waals surface area contributed by atoms with Gasteiger partial charge in [-0.15, -0.1) is 11.6 Å². The average molecular weight is 489 g/mol. The van der Waals surface area contributed by atoms with Crippen molar-refractivity contribution in [2.24, 2.45) is 10.6 Å². The largest absolute Gasteiger partial charge is 0.545 e. The summed E-state index contributed by atoms with van der Waals surface area (Å²) in [5, 5.41) is 14.8. The Morgan fingerprint density at radius 1 is 1.24 bits per heavy atom. The first-order chi connectivity index (χ1) is 15.6. The number of aliphatic carboxylic acids is 1. The lowest BCUT2D eigenvalue weighted by atomic mass is 9.64. The highest BCUT2D eigenvalue weighted by Crippen LogP contribution is 2.54. The van der Waals surface area contributed by atoms with Gasteiger partial charge in [0.25, 0.3) is 0 Å². The number of carboxylic acid groups (broad SMARTS) is 1. The highest BCUT2D eigenvalue weighted by Gasteiger charge is 2.56. The van der Waals surface area contributed by atoms with Crippen LogP contribution in [0.3, 0.4) is 0 Å². The number of sulfone groups is 1. The summed E-state index contributed by atoms with van der Waals surface area (Å²) in [5.74, 6) is -1.68. The minimum Gasteiger partial charge on any atom is -0.545 e. The van der Waals surface area contributed by atoms with E-state index in [2.05, 4.69) is 5.16 Å². The van der Waals surface area contributed by atoms with Crippen molar-refractivity contribution < 1.29 is 28.0 Å². The molecular weight excluding hydrogens is 466 g/mol. The molecule has 0 amide bonds. The normalized spacial score (nSPS) is 27.8. The highest BCUT2D eigenvalue weighted by atomic mass is 35.5. The van der Waals surface area contributed by atoms with Crippen LogP contribution < -0.4 is 5.11 Å². The molecule has 1 aromatic carbocycles. The molecule has 0 saturated carbocycles. The van der Waals surface area contributed by atoms with E-state index in [1.165, 1.54) is 12.2 Å². The van der Waals surface area contributed by atoms with Crippen LogP contribution in [0.4, 0.5) is 0 Å². The maximum Gasteiger partial charge on any atom is 0.173 e. The third kappa shape index (κ3) is 4.29. The van der Waals surface area contributed by atoms with E-state index in [4.69, 9.17) is 16.4 Å². The number of halogens is 1. The van der Waals surface area contributed by atoms with E-state index in [1.807, 2.05) is 30.3 Å². The lowest BCUT2D eigenvalue weighted by Gasteiger charge is -2.44. The monoisotopic (exact) mass is 488 g/mol. The van der Waals surface area contributed by atoms with Gasteiger partial charge in [0.1, 0.15) is 6.10 Å². The third-order valence-electron chi connectivity index (χ3n) is 6.30. The van der Waals surface area contributed by atoms with Gasteiger partial charge in [-0.3, -0.25) is 4.79 Å². The first kappa shape index (κ1) is 23.4. The number of allylic oxidation sites excluding steroid dienone is 5. The lowest BCUT2D eigenvalue weighted by Crippen LogP contribution is -2.50. The molecule has 7 nitrogen and oxygen atoms in total. The van der Waals surface area contributed by atoms with Gasteiger partial charge in [-0.05, 0) is 41.7 Å². The Labute approximate surface area is 197 Å². The lowest BCUT2D eigenvalue weighted by molar-refractivity contribution is -0.299. The van der Waals surface area contributed by atoms with E-state index in [-0.39, 0.29) is 28.8 Å². The van der Waals surface area contributed by atoms with Gasteiger partial charge in [0.15, 0.2) is 15.6 Å². The Hall–Kier alpha value is -2.71. The number of alkyl halides is 1. The van der Waals surface area contributed by atoms with Crippen molar-refractivity contribution >= 4 is 38.9 Å². The van der Waals surface area contributed by atoms with Crippen LogP contribution in [-0.2, 0) is 30.7 Å². The van der Waals surface area contributed by atoms with Gasteiger partial charge in [-0.25, -0.2) is 8.42 Å². The average Bonchev–Trinajstić information content (AvgIpc) is 3.22. The number of hydrogen-bond acceptors (Lipinski definition) is 7. The summed E-state index contributed by atoms with van der Waals surface area (Å²) in [4.78, 5) is 29.8. The fourth-order valence-corrected chi connectivity index (χ4v) is 6.75. The summed E-state index contributed by atoms with van der Waals surface area (Å²) in [7, 11) is -3.87. The zero-order valence-corrected chi connectivity index (χ0v) is 19.6. The van der Waals surface area contributed by atoms with Gasteiger partial charge in [-0.2, -0.15) is 0 Å². The summed E-state index contributed by atoms with van der Waals surface area (Å²) in [6, 6.07) is 9.61. The molecule has 4 rings (SSSR count). The Balaban J connectivity index is 1.84. The molecule has 0 saturated heterocycles. The molecule has 9 heteroatoms. The maximum atomic E-state index is 13.0. The number of hydrogen-bond donors (Lipinski definition) is 0. The van der Waals surface area contributed by atoms with E-state index in [0.29, 0.717) is 37.0 Å². The van der Waals surface area contributed by atoms with Crippen molar-refractivity contribution in [2.45, 2.75) is 43.6 Å². The van der Waals surface area contributed by atoms with E-state index < -0.39 is 26.6 Å². The molecule has 0 bridgehead atoms. The van der Waals surface area contributed by atoms with Crippen LogP contribution in [0.1, 0.15) is 31.2 Å². The van der Waals surface area contributed by atoms with Gasteiger partial charge >= 0.3 is 0 Å². The predicted molar refractivity (Wildman–Crippen MR) is 122 cm³/mol. The van der Waals surface area contributed by atoms with Gasteiger partial charge in [0, 0.05) is 25.5 Å². The highest BCUT2D eigenvalue weighted by molar-refractivity contribution is 7.94. The minimum absolute atomic E-state index is 0.0938. The Morgan fingerprint density at radius 3 is 2.61 bits per heavy atom. The standard InChI is InChI=1S/C24H24ClNO6S/c1-33(30,31)21-11-10-19(23(28)29)22(25)24(21,16-8-5-9-17(27)13-16)20-14-18(32-26-20)12-15-6-3-2-4-7-15/h2-4,6-7,10-11,13,18,22H,5,8-9,12,14H2,1H3,(H,28,29)/p-1. The maximum absolute atomic E-state index is 13.0. The number of carbonyl (C=O) groups excluding carboxylic acids is 2. The van der Waals surface area contributed by atoms with Crippen LogP contribution in [0.25, 0.3) is 0 Å². The van der Waals surface area contributed by atoms with Gasteiger partial charge < -0.3 is 14.7 Å². The number of rotatable bonds is 6. The summed E-state index contributed by atoms with van der Waals surface area (Å²) < 4.78 is 25.9. The zero-order valence-electron chi connectivity index (χ0n) is 18.0. The van der Waals surface area contributed by atoms with E-state index in [1.54, 1.807) is 0 Å². The Morgan fingerprint density at radius 2 is 1.97 bits per heavy atom. The van der Waals surface area contributed by atoms with Crippen molar-refractivity contribution in [3.63, 3.8) is 0 Å². The molecule has 174 valence electrons. The van der Waals surface area contributed by atoms with Gasteiger partial charge in [0.2, 0.25) is 0 Å². The van der Waals surface area contributed by atoms with E-state index in [0.717, 1.165) is 17.9 Å². The number of benzene rings is 1. The molecule has 1 aliphatic heterocycles. The van der Waals surface area contributed by atoms with Crippen molar-refractivity contribution in [3.8, 4) is 0 Å². The summed E-state index contributed by atoms with van der Waals surface area (Å²) in [6.45, 7) is 0. The molecular formula is C24H23ClNO6S-. The van der Waals surface area contributed by atoms with Crippen molar-refractivity contribution in [1.82, 2.24) is 0 Å². The van der Waals surface area contributed by atoms with Crippen LogP contribution >= 0.6 is 11.6 Å². The quantitative estimate of drug-likeness (QED) is 0.567.